The molecule has 0 amide bonds. The van der Waals surface area contributed by atoms with Crippen LogP contribution in [0.4, 0.5) is 5.69 Å². The molecule has 1 atom stereocenters. The molecule has 1 aromatic carbocycles. The molecule has 0 saturated carbocycles. The number of anilines is 1. The Morgan fingerprint density at radius 3 is 2.63 bits per heavy atom. The van der Waals surface area contributed by atoms with E-state index in [9.17, 15) is 8.42 Å². The molecule has 1 saturated heterocycles. The van der Waals surface area contributed by atoms with E-state index in [-0.39, 0.29) is 5.75 Å². The summed E-state index contributed by atoms with van der Waals surface area (Å²) >= 11 is 0. The van der Waals surface area contributed by atoms with Crippen molar-refractivity contribution in [2.24, 2.45) is 0 Å². The van der Waals surface area contributed by atoms with Gasteiger partial charge in [0.15, 0.2) is 9.84 Å². The van der Waals surface area contributed by atoms with E-state index in [0.717, 1.165) is 25.2 Å². The first-order valence-corrected chi connectivity index (χ1v) is 8.57. The van der Waals surface area contributed by atoms with Crippen LogP contribution in [-0.4, -0.2) is 33.3 Å². The zero-order valence-electron chi connectivity index (χ0n) is 11.4. The van der Waals surface area contributed by atoms with Crippen LogP contribution in [0.1, 0.15) is 26.2 Å². The van der Waals surface area contributed by atoms with Gasteiger partial charge in [0.1, 0.15) is 0 Å². The van der Waals surface area contributed by atoms with Crippen molar-refractivity contribution >= 4 is 15.5 Å². The predicted molar refractivity (Wildman–Crippen MR) is 78.3 cm³/mol. The highest BCUT2D eigenvalue weighted by molar-refractivity contribution is 7.91. The number of sulfone groups is 1. The van der Waals surface area contributed by atoms with E-state index in [1.54, 1.807) is 12.1 Å². The molecule has 0 bridgehead atoms. The highest BCUT2D eigenvalue weighted by Crippen LogP contribution is 2.18. The van der Waals surface area contributed by atoms with Gasteiger partial charge in [0.25, 0.3) is 0 Å². The van der Waals surface area contributed by atoms with Gasteiger partial charge >= 0.3 is 0 Å². The minimum absolute atomic E-state index is 0.215. The van der Waals surface area contributed by atoms with Crippen LogP contribution in [0.3, 0.4) is 0 Å². The average Bonchev–Trinajstić information content (AvgIpc) is 2.40. The average molecular weight is 282 g/mol. The van der Waals surface area contributed by atoms with E-state index in [2.05, 4.69) is 10.6 Å². The van der Waals surface area contributed by atoms with E-state index < -0.39 is 9.84 Å². The maximum Gasteiger partial charge on any atom is 0.178 e. The van der Waals surface area contributed by atoms with Crippen molar-refractivity contribution in [1.29, 1.82) is 0 Å². The van der Waals surface area contributed by atoms with Gasteiger partial charge in [-0.15, -0.1) is 0 Å². The summed E-state index contributed by atoms with van der Waals surface area (Å²) in [5.74, 6) is 0.215. The second-order valence-corrected chi connectivity index (χ2v) is 7.14. The number of nitrogens with one attached hydrogen (secondary N) is 2. The van der Waals surface area contributed by atoms with Gasteiger partial charge in [-0.05, 0) is 50.1 Å². The van der Waals surface area contributed by atoms with E-state index >= 15 is 0 Å². The molecule has 2 rings (SSSR count). The van der Waals surface area contributed by atoms with Crippen molar-refractivity contribution in [2.45, 2.75) is 37.1 Å². The van der Waals surface area contributed by atoms with Gasteiger partial charge in [-0.2, -0.15) is 0 Å². The number of piperidine rings is 1. The summed E-state index contributed by atoms with van der Waals surface area (Å²) in [5, 5.41) is 6.78. The highest BCUT2D eigenvalue weighted by Gasteiger charge is 2.14. The van der Waals surface area contributed by atoms with Crippen LogP contribution in [0.2, 0.25) is 0 Å². The molecule has 0 radical (unpaired) electrons. The zero-order chi connectivity index (χ0) is 13.7. The van der Waals surface area contributed by atoms with Gasteiger partial charge in [0.2, 0.25) is 0 Å². The topological polar surface area (TPSA) is 58.2 Å². The third-order valence-corrected chi connectivity index (χ3v) is 5.29. The summed E-state index contributed by atoms with van der Waals surface area (Å²) in [7, 11) is -3.10. The van der Waals surface area contributed by atoms with Crippen molar-refractivity contribution in [3.8, 4) is 0 Å². The van der Waals surface area contributed by atoms with Crippen LogP contribution in [0, 0.1) is 0 Å². The first-order valence-electron chi connectivity index (χ1n) is 6.92. The first kappa shape index (κ1) is 14.3. The molecule has 1 unspecified atom stereocenters. The van der Waals surface area contributed by atoms with Crippen LogP contribution >= 0.6 is 0 Å². The standard InChI is InChI=1S/C14H22N2O2S/c1-2-10-19(17,18)14-7-5-12(6-8-14)16-13-4-3-9-15-11-13/h5-8,13,15-16H,2-4,9-11H2,1H3. The summed E-state index contributed by atoms with van der Waals surface area (Å²) in [4.78, 5) is 0.418. The molecule has 19 heavy (non-hydrogen) atoms. The van der Waals surface area contributed by atoms with E-state index in [0.29, 0.717) is 17.4 Å². The molecule has 2 N–H and O–H groups in total. The molecular weight excluding hydrogens is 260 g/mol. The van der Waals surface area contributed by atoms with Gasteiger partial charge in [-0.3, -0.25) is 0 Å². The Morgan fingerprint density at radius 1 is 1.32 bits per heavy atom. The van der Waals surface area contributed by atoms with Gasteiger partial charge < -0.3 is 10.6 Å². The first-order chi connectivity index (χ1) is 9.12. The molecule has 1 aromatic rings. The maximum atomic E-state index is 11.9. The number of benzene rings is 1. The summed E-state index contributed by atoms with van der Waals surface area (Å²) in [6.07, 6.45) is 2.99. The van der Waals surface area contributed by atoms with Crippen molar-refractivity contribution in [2.75, 3.05) is 24.2 Å². The van der Waals surface area contributed by atoms with Gasteiger partial charge in [0, 0.05) is 18.3 Å². The number of hydrogen-bond acceptors (Lipinski definition) is 4. The normalized spacial score (nSPS) is 20.2. The largest absolute Gasteiger partial charge is 0.381 e. The second kappa shape index (κ2) is 6.39. The highest BCUT2D eigenvalue weighted by atomic mass is 32.2. The molecule has 5 heteroatoms. The molecule has 4 nitrogen and oxygen atoms in total. The van der Waals surface area contributed by atoms with Gasteiger partial charge in [-0.25, -0.2) is 8.42 Å². The van der Waals surface area contributed by atoms with Crippen molar-refractivity contribution < 1.29 is 8.42 Å². The van der Waals surface area contributed by atoms with Crippen LogP contribution < -0.4 is 10.6 Å². The summed E-state index contributed by atoms with van der Waals surface area (Å²) < 4.78 is 23.8. The van der Waals surface area contributed by atoms with Crippen molar-refractivity contribution in [3.63, 3.8) is 0 Å². The summed E-state index contributed by atoms with van der Waals surface area (Å²) in [5.41, 5.74) is 0.990. The maximum absolute atomic E-state index is 11.9. The van der Waals surface area contributed by atoms with E-state index in [4.69, 9.17) is 0 Å². The Balaban J connectivity index is 2.01. The quantitative estimate of drug-likeness (QED) is 0.867. The monoisotopic (exact) mass is 282 g/mol. The number of rotatable bonds is 5. The molecular formula is C14H22N2O2S. The molecule has 0 aromatic heterocycles. The molecule has 1 aliphatic heterocycles. The number of hydrogen-bond donors (Lipinski definition) is 2. The van der Waals surface area contributed by atoms with E-state index in [1.807, 2.05) is 19.1 Å². The van der Waals surface area contributed by atoms with Crippen LogP contribution in [0.5, 0.6) is 0 Å². The lowest BCUT2D eigenvalue weighted by molar-refractivity contribution is 0.480. The van der Waals surface area contributed by atoms with Crippen LogP contribution in [-0.2, 0) is 9.84 Å². The Labute approximate surface area is 115 Å². The van der Waals surface area contributed by atoms with Gasteiger partial charge in [-0.1, -0.05) is 6.92 Å². The Kier molecular flexibility index (Phi) is 4.82. The molecule has 0 aliphatic carbocycles. The predicted octanol–water partition coefficient (Wildman–Crippen LogP) is 2.03. The minimum atomic E-state index is -3.10. The fourth-order valence-corrected chi connectivity index (χ4v) is 3.68. The Morgan fingerprint density at radius 2 is 2.05 bits per heavy atom. The molecule has 0 spiro atoms. The summed E-state index contributed by atoms with van der Waals surface area (Å²) in [6, 6.07) is 7.55. The van der Waals surface area contributed by atoms with Crippen molar-refractivity contribution in [3.05, 3.63) is 24.3 Å². The Bertz CT molecular complexity index is 491. The SMILES string of the molecule is CCCS(=O)(=O)c1ccc(NC2CCCNC2)cc1. The van der Waals surface area contributed by atoms with Crippen molar-refractivity contribution in [1.82, 2.24) is 5.32 Å². The third-order valence-electron chi connectivity index (χ3n) is 3.35. The lowest BCUT2D eigenvalue weighted by Crippen LogP contribution is -2.38. The minimum Gasteiger partial charge on any atom is -0.381 e. The molecule has 1 heterocycles. The smallest absolute Gasteiger partial charge is 0.178 e. The lowest BCUT2D eigenvalue weighted by atomic mass is 10.1. The Hall–Kier alpha value is -1.07. The fraction of sp³-hybridized carbons (Fsp3) is 0.571. The third kappa shape index (κ3) is 3.94. The molecule has 1 fully saturated rings. The molecule has 106 valence electrons. The van der Waals surface area contributed by atoms with Crippen LogP contribution in [0.25, 0.3) is 0 Å². The van der Waals surface area contributed by atoms with Gasteiger partial charge in [0.05, 0.1) is 10.6 Å². The van der Waals surface area contributed by atoms with E-state index in [1.165, 1.54) is 6.42 Å². The molecule has 1 aliphatic rings. The second-order valence-electron chi connectivity index (χ2n) is 5.03. The lowest BCUT2D eigenvalue weighted by Gasteiger charge is -2.24. The zero-order valence-corrected chi connectivity index (χ0v) is 12.2. The van der Waals surface area contributed by atoms with Crippen LogP contribution in [0.15, 0.2) is 29.2 Å². The fourth-order valence-electron chi connectivity index (χ4n) is 2.36. The summed E-state index contributed by atoms with van der Waals surface area (Å²) in [6.45, 7) is 3.94.